The first-order valence-electron chi connectivity index (χ1n) is 10.5. The quantitative estimate of drug-likeness (QED) is 0.651. The second kappa shape index (κ2) is 8.11. The van der Waals surface area contributed by atoms with Crippen LogP contribution in [0.4, 0.5) is 10.1 Å². The summed E-state index contributed by atoms with van der Waals surface area (Å²) < 4.78 is 20.9. The highest BCUT2D eigenvalue weighted by Gasteiger charge is 2.31. The van der Waals surface area contributed by atoms with Crippen LogP contribution in [-0.2, 0) is 17.9 Å². The number of ether oxygens (including phenoxy) is 1. The molecule has 0 radical (unpaired) electrons. The molecule has 0 saturated carbocycles. The molecule has 0 N–H and O–H groups in total. The molecule has 1 aromatic heterocycles. The lowest BCUT2D eigenvalue weighted by atomic mass is 10.1. The van der Waals surface area contributed by atoms with E-state index in [1.807, 2.05) is 4.90 Å². The maximum Gasteiger partial charge on any atom is 0.276 e. The first kappa shape index (κ1) is 19.7. The number of aryl methyl sites for hydroxylation is 1. The minimum Gasteiger partial charge on any atom is -0.368 e. The Bertz CT molecular complexity index is 1090. The standard InChI is InChI=1S/C23H24FN5O2/c1-16-3-2-4-19(13-16)27-9-11-28(12-10-27)23(30)22-20-15-31-21(14-29(20)26-25-22)17-5-7-18(24)8-6-17/h2-8,13,21H,9-12,14-15H2,1H3/t21-/m1/s1. The van der Waals surface area contributed by atoms with Crippen LogP contribution in [0.15, 0.2) is 48.5 Å². The summed E-state index contributed by atoms with van der Waals surface area (Å²) in [5.41, 5.74) is 4.35. The average molecular weight is 421 g/mol. The summed E-state index contributed by atoms with van der Waals surface area (Å²) in [4.78, 5) is 17.2. The molecule has 2 aliphatic heterocycles. The van der Waals surface area contributed by atoms with E-state index in [0.29, 0.717) is 31.0 Å². The Labute approximate surface area is 180 Å². The van der Waals surface area contributed by atoms with Crippen molar-refractivity contribution in [2.75, 3.05) is 31.1 Å². The predicted octanol–water partition coefficient (Wildman–Crippen LogP) is 2.96. The van der Waals surface area contributed by atoms with E-state index in [1.165, 1.54) is 23.4 Å². The van der Waals surface area contributed by atoms with Gasteiger partial charge < -0.3 is 14.5 Å². The fourth-order valence-corrected chi connectivity index (χ4v) is 4.20. The molecule has 1 fully saturated rings. The predicted molar refractivity (Wildman–Crippen MR) is 113 cm³/mol. The lowest BCUT2D eigenvalue weighted by molar-refractivity contribution is -0.00199. The summed E-state index contributed by atoms with van der Waals surface area (Å²) >= 11 is 0. The summed E-state index contributed by atoms with van der Waals surface area (Å²) in [6.07, 6.45) is -0.240. The molecule has 3 aromatic rings. The van der Waals surface area contributed by atoms with Gasteiger partial charge in [-0.25, -0.2) is 9.07 Å². The van der Waals surface area contributed by atoms with E-state index < -0.39 is 0 Å². The molecule has 8 heteroatoms. The first-order chi connectivity index (χ1) is 15.1. The number of hydrogen-bond donors (Lipinski definition) is 0. The molecule has 1 atom stereocenters. The van der Waals surface area contributed by atoms with Gasteiger partial charge in [-0.1, -0.05) is 29.5 Å². The maximum absolute atomic E-state index is 13.2. The van der Waals surface area contributed by atoms with Crippen molar-refractivity contribution in [1.29, 1.82) is 0 Å². The Hall–Kier alpha value is -3.26. The number of carbonyl (C=O) groups excluding carboxylic acids is 1. The molecule has 0 spiro atoms. The third-order valence-corrected chi connectivity index (χ3v) is 5.98. The molecule has 3 heterocycles. The van der Waals surface area contributed by atoms with Gasteiger partial charge in [0.2, 0.25) is 0 Å². The van der Waals surface area contributed by atoms with Crippen LogP contribution in [0.2, 0.25) is 0 Å². The van der Waals surface area contributed by atoms with E-state index in [4.69, 9.17) is 4.74 Å². The third kappa shape index (κ3) is 3.90. The summed E-state index contributed by atoms with van der Waals surface area (Å²) in [6, 6.07) is 14.7. The SMILES string of the molecule is Cc1cccc(N2CCN(C(=O)c3nnn4c3CO[C@@H](c3ccc(F)cc3)C4)CC2)c1. The monoisotopic (exact) mass is 421 g/mol. The second-order valence-corrected chi connectivity index (χ2v) is 8.04. The van der Waals surface area contributed by atoms with E-state index >= 15 is 0 Å². The van der Waals surface area contributed by atoms with Gasteiger partial charge >= 0.3 is 0 Å². The molecule has 0 unspecified atom stereocenters. The summed E-state index contributed by atoms with van der Waals surface area (Å²) in [5, 5.41) is 8.36. The topological polar surface area (TPSA) is 63.5 Å². The van der Waals surface area contributed by atoms with Crippen molar-refractivity contribution in [2.24, 2.45) is 0 Å². The molecule has 2 aromatic carbocycles. The van der Waals surface area contributed by atoms with Gasteiger partial charge in [0, 0.05) is 31.9 Å². The number of piperazine rings is 1. The highest BCUT2D eigenvalue weighted by molar-refractivity contribution is 5.93. The Morgan fingerprint density at radius 2 is 1.87 bits per heavy atom. The van der Waals surface area contributed by atoms with Crippen molar-refractivity contribution in [3.63, 3.8) is 0 Å². The highest BCUT2D eigenvalue weighted by atomic mass is 19.1. The van der Waals surface area contributed by atoms with Crippen molar-refractivity contribution in [1.82, 2.24) is 19.9 Å². The van der Waals surface area contributed by atoms with Crippen LogP contribution in [0.25, 0.3) is 0 Å². The maximum atomic E-state index is 13.2. The van der Waals surface area contributed by atoms with Gasteiger partial charge in [0.25, 0.3) is 5.91 Å². The van der Waals surface area contributed by atoms with E-state index in [0.717, 1.165) is 18.7 Å². The Morgan fingerprint density at radius 1 is 1.10 bits per heavy atom. The van der Waals surface area contributed by atoms with Crippen LogP contribution in [0.5, 0.6) is 0 Å². The van der Waals surface area contributed by atoms with Crippen molar-refractivity contribution in [2.45, 2.75) is 26.2 Å². The number of carbonyl (C=O) groups is 1. The number of anilines is 1. The fourth-order valence-electron chi connectivity index (χ4n) is 4.20. The van der Waals surface area contributed by atoms with Crippen LogP contribution in [0.3, 0.4) is 0 Å². The molecule has 2 aliphatic rings. The van der Waals surface area contributed by atoms with Crippen LogP contribution in [0.1, 0.15) is 33.4 Å². The van der Waals surface area contributed by atoms with Crippen LogP contribution in [-0.4, -0.2) is 52.0 Å². The number of rotatable bonds is 3. The normalized spacial score (nSPS) is 18.7. The fraction of sp³-hybridized carbons (Fsp3) is 0.348. The molecular formula is C23H24FN5O2. The molecule has 0 aliphatic carbocycles. The van der Waals surface area contributed by atoms with E-state index in [9.17, 15) is 9.18 Å². The van der Waals surface area contributed by atoms with Gasteiger partial charge in [0.05, 0.1) is 18.8 Å². The number of halogens is 1. The van der Waals surface area contributed by atoms with Gasteiger partial charge in [0.1, 0.15) is 11.9 Å². The summed E-state index contributed by atoms with van der Waals surface area (Å²) in [5.74, 6) is -0.384. The number of benzene rings is 2. The molecule has 7 nitrogen and oxygen atoms in total. The zero-order valence-electron chi connectivity index (χ0n) is 17.4. The number of amides is 1. The Kier molecular flexibility index (Phi) is 5.15. The molecule has 0 bridgehead atoms. The molecule has 5 rings (SSSR count). The first-order valence-corrected chi connectivity index (χ1v) is 10.5. The third-order valence-electron chi connectivity index (χ3n) is 5.98. The highest BCUT2D eigenvalue weighted by Crippen LogP contribution is 2.28. The zero-order valence-corrected chi connectivity index (χ0v) is 17.4. The van der Waals surface area contributed by atoms with Crippen molar-refractivity contribution in [3.8, 4) is 0 Å². The van der Waals surface area contributed by atoms with Crippen LogP contribution < -0.4 is 4.90 Å². The minimum absolute atomic E-state index is 0.103. The number of hydrogen-bond acceptors (Lipinski definition) is 5. The molecular weight excluding hydrogens is 397 g/mol. The lowest BCUT2D eigenvalue weighted by Crippen LogP contribution is -2.49. The summed E-state index contributed by atoms with van der Waals surface area (Å²) in [7, 11) is 0. The molecule has 1 saturated heterocycles. The molecule has 1 amide bonds. The number of aromatic nitrogens is 3. The van der Waals surface area contributed by atoms with E-state index in [-0.39, 0.29) is 24.4 Å². The minimum atomic E-state index is -0.281. The molecule has 160 valence electrons. The Balaban J connectivity index is 1.25. The van der Waals surface area contributed by atoms with Gasteiger partial charge in [-0.3, -0.25) is 4.79 Å². The van der Waals surface area contributed by atoms with Crippen molar-refractivity contribution < 1.29 is 13.9 Å². The van der Waals surface area contributed by atoms with E-state index in [1.54, 1.807) is 16.8 Å². The van der Waals surface area contributed by atoms with Gasteiger partial charge in [-0.2, -0.15) is 0 Å². The number of fused-ring (bicyclic) bond motifs is 1. The van der Waals surface area contributed by atoms with Crippen LogP contribution in [0, 0.1) is 12.7 Å². The van der Waals surface area contributed by atoms with Crippen molar-refractivity contribution in [3.05, 3.63) is 76.9 Å². The summed E-state index contributed by atoms with van der Waals surface area (Å²) in [6.45, 7) is 5.61. The smallest absolute Gasteiger partial charge is 0.276 e. The van der Waals surface area contributed by atoms with Gasteiger partial charge in [0.15, 0.2) is 5.69 Å². The van der Waals surface area contributed by atoms with E-state index in [2.05, 4.69) is 46.4 Å². The number of nitrogens with zero attached hydrogens (tertiary/aromatic N) is 5. The Morgan fingerprint density at radius 3 is 2.61 bits per heavy atom. The second-order valence-electron chi connectivity index (χ2n) is 8.04. The zero-order chi connectivity index (χ0) is 21.4. The van der Waals surface area contributed by atoms with Gasteiger partial charge in [-0.05, 0) is 42.3 Å². The molecule has 31 heavy (non-hydrogen) atoms. The van der Waals surface area contributed by atoms with Crippen LogP contribution >= 0.6 is 0 Å². The largest absolute Gasteiger partial charge is 0.368 e. The average Bonchev–Trinajstić information content (AvgIpc) is 3.22. The van der Waals surface area contributed by atoms with Crippen molar-refractivity contribution >= 4 is 11.6 Å². The lowest BCUT2D eigenvalue weighted by Gasteiger charge is -2.36. The van der Waals surface area contributed by atoms with Gasteiger partial charge in [-0.15, -0.1) is 5.10 Å².